The van der Waals surface area contributed by atoms with Crippen LogP contribution in [0.5, 0.6) is 0 Å². The molecule has 0 unspecified atom stereocenters. The van der Waals surface area contributed by atoms with Gasteiger partial charge in [-0.25, -0.2) is 9.37 Å². The molecule has 25 heavy (non-hydrogen) atoms. The van der Waals surface area contributed by atoms with Crippen molar-refractivity contribution >= 4 is 11.6 Å². The van der Waals surface area contributed by atoms with Crippen molar-refractivity contribution in [1.82, 2.24) is 19.4 Å². The van der Waals surface area contributed by atoms with Crippen molar-refractivity contribution < 1.29 is 9.18 Å². The number of anilines is 1. The number of halogens is 1. The number of imidazole rings is 1. The number of rotatable bonds is 3. The van der Waals surface area contributed by atoms with Gasteiger partial charge < -0.3 is 14.4 Å². The molecule has 1 aromatic carbocycles. The molecule has 0 atom stereocenters. The number of hydrogen-bond acceptors (Lipinski definition) is 4. The fraction of sp³-hybridized carbons (Fsp3) is 0.444. The van der Waals surface area contributed by atoms with Crippen LogP contribution in [0.25, 0.3) is 0 Å². The highest BCUT2D eigenvalue weighted by Crippen LogP contribution is 2.17. The van der Waals surface area contributed by atoms with Crippen LogP contribution in [-0.2, 0) is 17.9 Å². The molecule has 132 valence electrons. The molecule has 3 heterocycles. The standard InChI is InChI=1S/C18H22FN5O/c19-15-1-3-16(4-2-15)22-9-11-24(12-10-22)18(25)14-21-7-8-23-6-5-20-17(23)13-21/h1-6H,7-14H2. The van der Waals surface area contributed by atoms with Gasteiger partial charge in [-0.1, -0.05) is 0 Å². The zero-order valence-corrected chi connectivity index (χ0v) is 14.1. The summed E-state index contributed by atoms with van der Waals surface area (Å²) >= 11 is 0. The Labute approximate surface area is 146 Å². The number of hydrogen-bond donors (Lipinski definition) is 0. The van der Waals surface area contributed by atoms with Gasteiger partial charge in [-0.15, -0.1) is 0 Å². The van der Waals surface area contributed by atoms with Crippen molar-refractivity contribution in [3.05, 3.63) is 48.3 Å². The molecule has 0 N–H and O–H groups in total. The second kappa shape index (κ2) is 6.84. The number of amides is 1. The molecular weight excluding hydrogens is 321 g/mol. The van der Waals surface area contributed by atoms with Crippen LogP contribution in [0.4, 0.5) is 10.1 Å². The molecule has 1 amide bonds. The summed E-state index contributed by atoms with van der Waals surface area (Å²) in [5, 5.41) is 0. The Morgan fingerprint density at radius 3 is 2.56 bits per heavy atom. The van der Waals surface area contributed by atoms with E-state index in [-0.39, 0.29) is 11.7 Å². The Morgan fingerprint density at radius 1 is 1.04 bits per heavy atom. The summed E-state index contributed by atoms with van der Waals surface area (Å²) in [4.78, 5) is 23.2. The van der Waals surface area contributed by atoms with E-state index in [1.54, 1.807) is 12.1 Å². The Hall–Kier alpha value is -2.41. The average molecular weight is 343 g/mol. The SMILES string of the molecule is O=C(CN1CCn2ccnc2C1)N1CCN(c2ccc(F)cc2)CC1. The lowest BCUT2D eigenvalue weighted by Crippen LogP contribution is -2.51. The Morgan fingerprint density at radius 2 is 1.80 bits per heavy atom. The van der Waals surface area contributed by atoms with Crippen LogP contribution in [0.2, 0.25) is 0 Å². The lowest BCUT2D eigenvalue weighted by atomic mass is 10.2. The molecule has 0 radical (unpaired) electrons. The minimum absolute atomic E-state index is 0.179. The Bertz CT molecular complexity index is 736. The van der Waals surface area contributed by atoms with Crippen molar-refractivity contribution in [2.24, 2.45) is 0 Å². The van der Waals surface area contributed by atoms with Gasteiger partial charge in [0.25, 0.3) is 0 Å². The van der Waals surface area contributed by atoms with Gasteiger partial charge in [-0.05, 0) is 24.3 Å². The van der Waals surface area contributed by atoms with Crippen molar-refractivity contribution in [2.75, 3.05) is 44.2 Å². The summed E-state index contributed by atoms with van der Waals surface area (Å²) < 4.78 is 15.2. The molecular formula is C18H22FN5O. The molecule has 1 saturated heterocycles. The number of carbonyl (C=O) groups excluding carboxylic acids is 1. The minimum Gasteiger partial charge on any atom is -0.368 e. The number of carbonyl (C=O) groups is 1. The Balaban J connectivity index is 1.29. The minimum atomic E-state index is -0.222. The van der Waals surface area contributed by atoms with Crippen molar-refractivity contribution in [2.45, 2.75) is 13.1 Å². The third-order valence-corrected chi connectivity index (χ3v) is 5.01. The molecule has 0 aliphatic carbocycles. The van der Waals surface area contributed by atoms with E-state index in [0.29, 0.717) is 19.6 Å². The van der Waals surface area contributed by atoms with Crippen molar-refractivity contribution in [1.29, 1.82) is 0 Å². The number of piperazine rings is 1. The first-order valence-corrected chi connectivity index (χ1v) is 8.70. The van der Waals surface area contributed by atoms with Gasteiger partial charge in [-0.2, -0.15) is 0 Å². The number of benzene rings is 1. The van der Waals surface area contributed by atoms with Crippen LogP contribution < -0.4 is 4.90 Å². The molecule has 2 aliphatic heterocycles. The zero-order chi connectivity index (χ0) is 17.2. The smallest absolute Gasteiger partial charge is 0.236 e. The molecule has 7 heteroatoms. The quantitative estimate of drug-likeness (QED) is 0.840. The van der Waals surface area contributed by atoms with Gasteiger partial charge in [0.2, 0.25) is 5.91 Å². The predicted molar refractivity (Wildman–Crippen MR) is 92.7 cm³/mol. The molecule has 0 saturated carbocycles. The molecule has 2 aromatic rings. The largest absolute Gasteiger partial charge is 0.368 e. The van der Waals surface area contributed by atoms with Crippen LogP contribution in [0.15, 0.2) is 36.7 Å². The fourth-order valence-electron chi connectivity index (χ4n) is 3.52. The maximum Gasteiger partial charge on any atom is 0.236 e. The average Bonchev–Trinajstić information content (AvgIpc) is 3.10. The topological polar surface area (TPSA) is 44.6 Å². The van der Waals surface area contributed by atoms with Crippen LogP contribution in [0.1, 0.15) is 5.82 Å². The summed E-state index contributed by atoms with van der Waals surface area (Å²) in [5.74, 6) is 0.985. The first-order chi connectivity index (χ1) is 12.2. The van der Waals surface area contributed by atoms with E-state index in [0.717, 1.165) is 44.2 Å². The first kappa shape index (κ1) is 16.1. The molecule has 1 fully saturated rings. The highest BCUT2D eigenvalue weighted by atomic mass is 19.1. The van der Waals surface area contributed by atoms with E-state index in [2.05, 4.69) is 19.4 Å². The molecule has 0 bridgehead atoms. The van der Waals surface area contributed by atoms with Gasteiger partial charge in [-0.3, -0.25) is 9.69 Å². The molecule has 4 rings (SSSR count). The van der Waals surface area contributed by atoms with Gasteiger partial charge in [0.1, 0.15) is 11.6 Å². The first-order valence-electron chi connectivity index (χ1n) is 8.70. The summed E-state index contributed by atoms with van der Waals surface area (Å²) in [6, 6.07) is 6.55. The molecule has 6 nitrogen and oxygen atoms in total. The van der Waals surface area contributed by atoms with E-state index < -0.39 is 0 Å². The third-order valence-electron chi connectivity index (χ3n) is 5.01. The van der Waals surface area contributed by atoms with E-state index >= 15 is 0 Å². The van der Waals surface area contributed by atoms with E-state index in [1.165, 1.54) is 12.1 Å². The van der Waals surface area contributed by atoms with Gasteiger partial charge in [0.05, 0.1) is 13.1 Å². The number of nitrogens with zero attached hydrogens (tertiary/aromatic N) is 5. The molecule has 1 aromatic heterocycles. The van der Waals surface area contributed by atoms with E-state index in [9.17, 15) is 9.18 Å². The highest BCUT2D eigenvalue weighted by Gasteiger charge is 2.25. The van der Waals surface area contributed by atoms with Crippen molar-refractivity contribution in [3.63, 3.8) is 0 Å². The second-order valence-electron chi connectivity index (χ2n) is 6.59. The van der Waals surface area contributed by atoms with Gasteiger partial charge in [0.15, 0.2) is 0 Å². The molecule has 0 spiro atoms. The summed E-state index contributed by atoms with van der Waals surface area (Å²) in [7, 11) is 0. The van der Waals surface area contributed by atoms with Crippen molar-refractivity contribution in [3.8, 4) is 0 Å². The van der Waals surface area contributed by atoms with E-state index in [1.807, 2.05) is 17.3 Å². The lowest BCUT2D eigenvalue weighted by molar-refractivity contribution is -0.133. The highest BCUT2D eigenvalue weighted by molar-refractivity contribution is 5.78. The monoisotopic (exact) mass is 343 g/mol. The van der Waals surface area contributed by atoms with Crippen LogP contribution in [0.3, 0.4) is 0 Å². The second-order valence-corrected chi connectivity index (χ2v) is 6.59. The Kier molecular flexibility index (Phi) is 4.40. The van der Waals surface area contributed by atoms with Crippen LogP contribution in [-0.4, -0.2) is 64.5 Å². The van der Waals surface area contributed by atoms with Gasteiger partial charge in [0, 0.05) is 57.3 Å². The lowest BCUT2D eigenvalue weighted by Gasteiger charge is -2.37. The fourth-order valence-corrected chi connectivity index (χ4v) is 3.52. The van der Waals surface area contributed by atoms with Gasteiger partial charge >= 0.3 is 0 Å². The van der Waals surface area contributed by atoms with E-state index in [4.69, 9.17) is 0 Å². The number of fused-ring (bicyclic) bond motifs is 1. The third kappa shape index (κ3) is 3.51. The predicted octanol–water partition coefficient (Wildman–Crippen LogP) is 1.19. The molecule has 2 aliphatic rings. The van der Waals surface area contributed by atoms with Crippen LogP contribution in [0, 0.1) is 5.82 Å². The summed E-state index contributed by atoms with van der Waals surface area (Å²) in [5.41, 5.74) is 1.01. The maximum absolute atomic E-state index is 13.0. The maximum atomic E-state index is 13.0. The van der Waals surface area contributed by atoms with Crippen LogP contribution >= 0.6 is 0 Å². The summed E-state index contributed by atoms with van der Waals surface area (Å²) in [6.07, 6.45) is 3.80. The zero-order valence-electron chi connectivity index (χ0n) is 14.1. The summed E-state index contributed by atoms with van der Waals surface area (Å²) in [6.45, 7) is 5.92. The number of aromatic nitrogens is 2. The normalized spacial score (nSPS) is 18.3.